The summed E-state index contributed by atoms with van der Waals surface area (Å²) < 4.78 is 5.66. The number of carbonyl (C=O) groups excluding carboxylic acids is 2. The minimum atomic E-state index is -0.541. The highest BCUT2D eigenvalue weighted by Crippen LogP contribution is 2.16. The van der Waals surface area contributed by atoms with Gasteiger partial charge in [0.05, 0.1) is 6.61 Å². The number of ether oxygens (including phenoxy) is 1. The van der Waals surface area contributed by atoms with Gasteiger partial charge >= 0.3 is 0 Å². The minimum Gasteiger partial charge on any atom is -0.494 e. The summed E-state index contributed by atoms with van der Waals surface area (Å²) in [6.45, 7) is 7.00. The van der Waals surface area contributed by atoms with Gasteiger partial charge in [0.25, 0.3) is 0 Å². The molecule has 0 fully saturated rings. The van der Waals surface area contributed by atoms with Gasteiger partial charge in [-0.05, 0) is 57.0 Å². The quantitative estimate of drug-likeness (QED) is 0.585. The maximum Gasteiger partial charge on any atom is 0.242 e. The highest BCUT2D eigenvalue weighted by molar-refractivity contribution is 6.30. The molecule has 0 spiro atoms. The summed E-state index contributed by atoms with van der Waals surface area (Å²) in [6, 6.07) is 14.6. The second-order valence-electron chi connectivity index (χ2n) is 6.98. The van der Waals surface area contributed by atoms with Crippen molar-refractivity contribution in [2.45, 2.75) is 46.2 Å². The van der Waals surface area contributed by atoms with Crippen molar-refractivity contribution in [1.29, 1.82) is 0 Å². The highest BCUT2D eigenvalue weighted by Gasteiger charge is 2.25. The van der Waals surface area contributed by atoms with Crippen LogP contribution in [0.15, 0.2) is 48.5 Å². The Morgan fingerprint density at radius 2 is 1.76 bits per heavy atom. The van der Waals surface area contributed by atoms with E-state index in [0.29, 0.717) is 43.3 Å². The SMILES string of the molecule is CCNC(=O)C(C)N(Cc1ccc(C)cc1)C(=O)CCCOc1ccc(Cl)cc1. The molecule has 0 saturated heterocycles. The van der Waals surface area contributed by atoms with Crippen LogP contribution in [0.5, 0.6) is 5.75 Å². The molecule has 2 aromatic carbocycles. The molecular formula is C23H29ClN2O3. The van der Waals surface area contributed by atoms with Crippen LogP contribution in [-0.2, 0) is 16.1 Å². The number of nitrogens with one attached hydrogen (secondary N) is 1. The van der Waals surface area contributed by atoms with Gasteiger partial charge in [0.2, 0.25) is 11.8 Å². The van der Waals surface area contributed by atoms with Crippen LogP contribution in [-0.4, -0.2) is 35.9 Å². The first-order valence-corrected chi connectivity index (χ1v) is 10.3. The van der Waals surface area contributed by atoms with Gasteiger partial charge in [0.1, 0.15) is 11.8 Å². The molecule has 2 aromatic rings. The summed E-state index contributed by atoms with van der Waals surface area (Å²) in [5.74, 6) is 0.503. The molecule has 0 radical (unpaired) electrons. The molecule has 0 aliphatic heterocycles. The predicted molar refractivity (Wildman–Crippen MR) is 116 cm³/mol. The van der Waals surface area contributed by atoms with Gasteiger partial charge < -0.3 is 15.0 Å². The van der Waals surface area contributed by atoms with Gasteiger partial charge in [-0.2, -0.15) is 0 Å². The largest absolute Gasteiger partial charge is 0.494 e. The molecule has 29 heavy (non-hydrogen) atoms. The van der Waals surface area contributed by atoms with Crippen molar-refractivity contribution in [3.8, 4) is 5.75 Å². The lowest BCUT2D eigenvalue weighted by molar-refractivity contribution is -0.140. The van der Waals surface area contributed by atoms with Crippen molar-refractivity contribution in [1.82, 2.24) is 10.2 Å². The molecule has 0 aliphatic rings. The summed E-state index contributed by atoms with van der Waals surface area (Å²) in [5.41, 5.74) is 2.15. The van der Waals surface area contributed by atoms with E-state index in [1.165, 1.54) is 0 Å². The molecule has 0 aliphatic carbocycles. The molecule has 1 atom stereocenters. The molecule has 5 nitrogen and oxygen atoms in total. The number of likely N-dealkylation sites (N-methyl/N-ethyl adjacent to an activating group) is 1. The lowest BCUT2D eigenvalue weighted by Gasteiger charge is -2.29. The van der Waals surface area contributed by atoms with Gasteiger partial charge in [0.15, 0.2) is 0 Å². The number of hydrogen-bond acceptors (Lipinski definition) is 3. The van der Waals surface area contributed by atoms with E-state index in [2.05, 4.69) is 5.32 Å². The fraction of sp³-hybridized carbons (Fsp3) is 0.391. The van der Waals surface area contributed by atoms with E-state index in [0.717, 1.165) is 11.1 Å². The van der Waals surface area contributed by atoms with Crippen molar-refractivity contribution < 1.29 is 14.3 Å². The van der Waals surface area contributed by atoms with Crippen LogP contribution in [0.4, 0.5) is 0 Å². The van der Waals surface area contributed by atoms with Crippen molar-refractivity contribution in [3.05, 3.63) is 64.7 Å². The number of halogens is 1. The normalized spacial score (nSPS) is 11.6. The molecule has 2 amide bonds. The van der Waals surface area contributed by atoms with Crippen molar-refractivity contribution in [2.75, 3.05) is 13.2 Å². The third-order valence-electron chi connectivity index (χ3n) is 4.61. The Morgan fingerprint density at radius 3 is 2.38 bits per heavy atom. The number of hydrogen-bond donors (Lipinski definition) is 1. The van der Waals surface area contributed by atoms with Crippen LogP contribution >= 0.6 is 11.6 Å². The number of amides is 2. The first-order chi connectivity index (χ1) is 13.9. The van der Waals surface area contributed by atoms with E-state index in [4.69, 9.17) is 16.3 Å². The van der Waals surface area contributed by atoms with Crippen LogP contribution in [0.1, 0.15) is 37.8 Å². The molecule has 6 heteroatoms. The fourth-order valence-corrected chi connectivity index (χ4v) is 3.01. The zero-order chi connectivity index (χ0) is 21.2. The predicted octanol–water partition coefficient (Wildman–Crippen LogP) is 4.36. The second-order valence-corrected chi connectivity index (χ2v) is 7.42. The van der Waals surface area contributed by atoms with Crippen LogP contribution in [0.2, 0.25) is 5.02 Å². The van der Waals surface area contributed by atoms with Crippen LogP contribution in [0.3, 0.4) is 0 Å². The van der Waals surface area contributed by atoms with Crippen LogP contribution in [0.25, 0.3) is 0 Å². The fourth-order valence-electron chi connectivity index (χ4n) is 2.88. The molecule has 2 rings (SSSR count). The highest BCUT2D eigenvalue weighted by atomic mass is 35.5. The third kappa shape index (κ3) is 7.42. The summed E-state index contributed by atoms with van der Waals surface area (Å²) in [7, 11) is 0. The van der Waals surface area contributed by atoms with E-state index in [1.807, 2.05) is 38.1 Å². The summed E-state index contributed by atoms with van der Waals surface area (Å²) in [5, 5.41) is 3.45. The maximum atomic E-state index is 12.9. The molecule has 156 valence electrons. The molecule has 0 bridgehead atoms. The molecule has 0 aromatic heterocycles. The molecule has 1 N–H and O–H groups in total. The topological polar surface area (TPSA) is 58.6 Å². The number of rotatable bonds is 10. The standard InChI is InChI=1S/C23H29ClN2O3/c1-4-25-23(28)18(3)26(16-19-9-7-17(2)8-10-19)22(27)6-5-15-29-21-13-11-20(24)12-14-21/h7-14,18H,4-6,15-16H2,1-3H3,(H,25,28). The van der Waals surface area contributed by atoms with Gasteiger partial charge in [-0.1, -0.05) is 41.4 Å². The van der Waals surface area contributed by atoms with Gasteiger partial charge in [-0.3, -0.25) is 9.59 Å². The Kier molecular flexibility index (Phi) is 9.00. The Balaban J connectivity index is 1.96. The average Bonchev–Trinajstić information content (AvgIpc) is 2.71. The zero-order valence-electron chi connectivity index (χ0n) is 17.3. The lowest BCUT2D eigenvalue weighted by Crippen LogP contribution is -2.47. The third-order valence-corrected chi connectivity index (χ3v) is 4.86. The van der Waals surface area contributed by atoms with E-state index in [1.54, 1.807) is 36.1 Å². The van der Waals surface area contributed by atoms with Gasteiger partial charge in [0, 0.05) is 24.5 Å². The van der Waals surface area contributed by atoms with Crippen molar-refractivity contribution in [3.63, 3.8) is 0 Å². The first kappa shape index (κ1) is 22.8. The van der Waals surface area contributed by atoms with E-state index >= 15 is 0 Å². The average molecular weight is 417 g/mol. The smallest absolute Gasteiger partial charge is 0.242 e. The Labute approximate surface area is 178 Å². The number of aryl methyl sites for hydroxylation is 1. The maximum absolute atomic E-state index is 12.9. The summed E-state index contributed by atoms with van der Waals surface area (Å²) in [6.07, 6.45) is 0.872. The van der Waals surface area contributed by atoms with E-state index < -0.39 is 6.04 Å². The van der Waals surface area contributed by atoms with E-state index in [-0.39, 0.29) is 11.8 Å². The van der Waals surface area contributed by atoms with Crippen LogP contribution in [0, 0.1) is 6.92 Å². The number of nitrogens with zero attached hydrogens (tertiary/aromatic N) is 1. The summed E-state index contributed by atoms with van der Waals surface area (Å²) >= 11 is 5.86. The second kappa shape index (κ2) is 11.5. The van der Waals surface area contributed by atoms with Crippen LogP contribution < -0.4 is 10.1 Å². The molecule has 1 unspecified atom stereocenters. The molecule has 0 heterocycles. The zero-order valence-corrected chi connectivity index (χ0v) is 18.0. The Bertz CT molecular complexity index is 791. The van der Waals surface area contributed by atoms with E-state index in [9.17, 15) is 9.59 Å². The first-order valence-electron chi connectivity index (χ1n) is 9.91. The lowest BCUT2D eigenvalue weighted by atomic mass is 10.1. The monoisotopic (exact) mass is 416 g/mol. The molecule has 0 saturated carbocycles. The number of benzene rings is 2. The summed E-state index contributed by atoms with van der Waals surface area (Å²) in [4.78, 5) is 26.9. The van der Waals surface area contributed by atoms with Gasteiger partial charge in [-0.15, -0.1) is 0 Å². The Morgan fingerprint density at radius 1 is 1.10 bits per heavy atom. The van der Waals surface area contributed by atoms with Crippen molar-refractivity contribution >= 4 is 23.4 Å². The minimum absolute atomic E-state index is 0.0657. The number of carbonyl (C=O) groups is 2. The van der Waals surface area contributed by atoms with Crippen molar-refractivity contribution in [2.24, 2.45) is 0 Å². The Hall–Kier alpha value is -2.53. The molecular weight excluding hydrogens is 388 g/mol. The van der Waals surface area contributed by atoms with Gasteiger partial charge in [-0.25, -0.2) is 0 Å².